The predicted octanol–water partition coefficient (Wildman–Crippen LogP) is -0.274. The van der Waals surface area contributed by atoms with Crippen LogP contribution < -0.4 is 15.4 Å². The number of carboxylic acid groups (broad SMARTS) is 1. The van der Waals surface area contributed by atoms with Crippen LogP contribution in [0.2, 0.25) is 0 Å². The molecule has 8 nitrogen and oxygen atoms in total. The first-order valence-corrected chi connectivity index (χ1v) is 8.19. The fourth-order valence-corrected chi connectivity index (χ4v) is 1.75. The van der Waals surface area contributed by atoms with E-state index in [1.54, 1.807) is 13.8 Å². The Morgan fingerprint density at radius 2 is 1.80 bits per heavy atom. The van der Waals surface area contributed by atoms with Crippen molar-refractivity contribution in [1.29, 1.82) is 0 Å². The van der Waals surface area contributed by atoms with Crippen LogP contribution in [0.1, 0.15) is 26.7 Å². The maximum atomic E-state index is 11.4. The summed E-state index contributed by atoms with van der Waals surface area (Å²) in [4.78, 5) is 22.5. The molecule has 0 saturated carbocycles. The van der Waals surface area contributed by atoms with E-state index in [2.05, 4.69) is 15.4 Å². The van der Waals surface area contributed by atoms with Crippen molar-refractivity contribution in [2.24, 2.45) is 5.41 Å². The highest BCUT2D eigenvalue weighted by molar-refractivity contribution is 7.88. The van der Waals surface area contributed by atoms with Crippen LogP contribution in [0.3, 0.4) is 0 Å². The topological polar surface area (TPSA) is 125 Å². The molecule has 0 aromatic rings. The first-order chi connectivity index (χ1) is 9.10. The monoisotopic (exact) mass is 309 g/mol. The van der Waals surface area contributed by atoms with Gasteiger partial charge >= 0.3 is 12.0 Å². The summed E-state index contributed by atoms with van der Waals surface area (Å²) in [6.07, 6.45) is 1.91. The van der Waals surface area contributed by atoms with Crippen LogP contribution in [-0.2, 0) is 14.8 Å². The van der Waals surface area contributed by atoms with Crippen molar-refractivity contribution < 1.29 is 23.1 Å². The maximum absolute atomic E-state index is 11.4. The lowest BCUT2D eigenvalue weighted by Crippen LogP contribution is -2.45. The van der Waals surface area contributed by atoms with E-state index in [1.165, 1.54) is 0 Å². The third-order valence-corrected chi connectivity index (χ3v) is 3.67. The summed E-state index contributed by atoms with van der Waals surface area (Å²) in [5, 5.41) is 14.1. The van der Waals surface area contributed by atoms with E-state index in [-0.39, 0.29) is 13.1 Å². The molecule has 4 N–H and O–H groups in total. The number of aliphatic carboxylic acids is 1. The zero-order chi connectivity index (χ0) is 15.8. The van der Waals surface area contributed by atoms with Crippen molar-refractivity contribution in [2.75, 3.05) is 25.9 Å². The lowest BCUT2D eigenvalue weighted by molar-refractivity contribution is -0.147. The van der Waals surface area contributed by atoms with Gasteiger partial charge in [0.2, 0.25) is 10.0 Å². The molecule has 0 spiro atoms. The van der Waals surface area contributed by atoms with E-state index < -0.39 is 27.4 Å². The molecule has 0 bridgehead atoms. The van der Waals surface area contributed by atoms with Gasteiger partial charge in [-0.15, -0.1) is 0 Å². The second-order valence-electron chi connectivity index (χ2n) is 4.85. The van der Waals surface area contributed by atoms with Crippen molar-refractivity contribution in [2.45, 2.75) is 26.7 Å². The summed E-state index contributed by atoms with van der Waals surface area (Å²) in [5.74, 6) is -0.961. The minimum Gasteiger partial charge on any atom is -0.481 e. The average Bonchev–Trinajstić information content (AvgIpc) is 2.33. The Balaban J connectivity index is 3.88. The molecule has 0 aliphatic heterocycles. The molecule has 0 radical (unpaired) electrons. The molecule has 0 fully saturated rings. The van der Waals surface area contributed by atoms with Crippen LogP contribution in [0, 0.1) is 5.41 Å². The highest BCUT2D eigenvalue weighted by Crippen LogP contribution is 2.19. The molecule has 0 aromatic heterocycles. The quantitative estimate of drug-likeness (QED) is 0.436. The van der Waals surface area contributed by atoms with Crippen LogP contribution in [-0.4, -0.2) is 51.4 Å². The SMILES string of the molecule is CCC(C)(CNC(=O)NCCCNS(C)(=O)=O)C(=O)O. The number of carboxylic acids is 1. The lowest BCUT2D eigenvalue weighted by Gasteiger charge is -2.23. The van der Waals surface area contributed by atoms with E-state index in [4.69, 9.17) is 5.11 Å². The number of hydrogen-bond donors (Lipinski definition) is 4. The molecule has 0 heterocycles. The third-order valence-electron chi connectivity index (χ3n) is 2.94. The van der Waals surface area contributed by atoms with E-state index >= 15 is 0 Å². The van der Waals surface area contributed by atoms with Crippen LogP contribution >= 0.6 is 0 Å². The molecule has 0 aliphatic carbocycles. The largest absolute Gasteiger partial charge is 0.481 e. The highest BCUT2D eigenvalue weighted by Gasteiger charge is 2.31. The van der Waals surface area contributed by atoms with Gasteiger partial charge in [-0.25, -0.2) is 17.9 Å². The Morgan fingerprint density at radius 1 is 1.20 bits per heavy atom. The average molecular weight is 309 g/mol. The van der Waals surface area contributed by atoms with Gasteiger partial charge in [0.15, 0.2) is 0 Å². The van der Waals surface area contributed by atoms with Crippen LogP contribution in [0.5, 0.6) is 0 Å². The number of amides is 2. The van der Waals surface area contributed by atoms with E-state index in [0.29, 0.717) is 19.4 Å². The van der Waals surface area contributed by atoms with Crippen LogP contribution in [0.25, 0.3) is 0 Å². The number of nitrogens with one attached hydrogen (secondary N) is 3. The molecule has 20 heavy (non-hydrogen) atoms. The van der Waals surface area contributed by atoms with Gasteiger partial charge in [0, 0.05) is 19.6 Å². The van der Waals surface area contributed by atoms with Gasteiger partial charge in [-0.1, -0.05) is 6.92 Å². The molecule has 9 heteroatoms. The van der Waals surface area contributed by atoms with Crippen molar-refractivity contribution in [3.63, 3.8) is 0 Å². The molecule has 0 aliphatic rings. The molecule has 2 amide bonds. The molecular formula is C11H23N3O5S. The molecule has 118 valence electrons. The van der Waals surface area contributed by atoms with Crippen LogP contribution in [0.15, 0.2) is 0 Å². The standard InChI is InChI=1S/C11H23N3O5S/c1-4-11(2,9(15)16)8-13-10(17)12-6-5-7-14-20(3,18)19/h14H,4-8H2,1-3H3,(H,15,16)(H2,12,13,17). The van der Waals surface area contributed by atoms with Gasteiger partial charge in [-0.2, -0.15) is 0 Å². The highest BCUT2D eigenvalue weighted by atomic mass is 32.2. The minimum atomic E-state index is -3.21. The van der Waals surface area contributed by atoms with Gasteiger partial charge in [0.1, 0.15) is 0 Å². The summed E-state index contributed by atoms with van der Waals surface area (Å²) in [6.45, 7) is 3.87. The smallest absolute Gasteiger partial charge is 0.314 e. The van der Waals surface area contributed by atoms with Gasteiger partial charge in [0.25, 0.3) is 0 Å². The number of urea groups is 1. The Kier molecular flexibility index (Phi) is 7.51. The Bertz CT molecular complexity index is 437. The number of sulfonamides is 1. The normalized spacial score (nSPS) is 14.3. The summed E-state index contributed by atoms with van der Waals surface area (Å²) in [7, 11) is -3.21. The molecule has 0 aromatic carbocycles. The van der Waals surface area contributed by atoms with E-state index in [1.807, 2.05) is 0 Å². The zero-order valence-corrected chi connectivity index (χ0v) is 12.8. The fourth-order valence-electron chi connectivity index (χ4n) is 1.24. The third kappa shape index (κ3) is 7.95. The van der Waals surface area contributed by atoms with Crippen molar-refractivity contribution >= 4 is 22.0 Å². The van der Waals surface area contributed by atoms with Gasteiger partial charge in [-0.3, -0.25) is 4.79 Å². The maximum Gasteiger partial charge on any atom is 0.314 e. The van der Waals surface area contributed by atoms with Crippen molar-refractivity contribution in [3.05, 3.63) is 0 Å². The number of rotatable bonds is 9. The molecule has 0 saturated heterocycles. The fraction of sp³-hybridized carbons (Fsp3) is 0.818. The second-order valence-corrected chi connectivity index (χ2v) is 6.68. The number of hydrogen-bond acceptors (Lipinski definition) is 4. The summed E-state index contributed by atoms with van der Waals surface area (Å²) in [5.41, 5.74) is -0.991. The van der Waals surface area contributed by atoms with Gasteiger partial charge < -0.3 is 15.7 Å². The summed E-state index contributed by atoms with van der Waals surface area (Å²) in [6, 6.07) is -0.467. The predicted molar refractivity (Wildman–Crippen MR) is 74.9 cm³/mol. The second kappa shape index (κ2) is 8.05. The summed E-state index contributed by atoms with van der Waals surface area (Å²) < 4.78 is 23.8. The Labute approximate surface area is 119 Å². The molecule has 0 rings (SSSR count). The Morgan fingerprint density at radius 3 is 2.25 bits per heavy atom. The lowest BCUT2D eigenvalue weighted by atomic mass is 9.88. The van der Waals surface area contributed by atoms with Crippen molar-refractivity contribution in [3.8, 4) is 0 Å². The molecule has 1 atom stereocenters. The van der Waals surface area contributed by atoms with E-state index in [0.717, 1.165) is 6.26 Å². The van der Waals surface area contributed by atoms with Gasteiger partial charge in [-0.05, 0) is 19.8 Å². The van der Waals surface area contributed by atoms with Crippen molar-refractivity contribution in [1.82, 2.24) is 15.4 Å². The first-order valence-electron chi connectivity index (χ1n) is 6.30. The summed E-state index contributed by atoms with van der Waals surface area (Å²) >= 11 is 0. The molecule has 1 unspecified atom stereocenters. The minimum absolute atomic E-state index is 0.0340. The Hall–Kier alpha value is -1.35. The first kappa shape index (κ1) is 18.7. The van der Waals surface area contributed by atoms with Crippen LogP contribution in [0.4, 0.5) is 4.79 Å². The number of carbonyl (C=O) groups excluding carboxylic acids is 1. The molecular weight excluding hydrogens is 286 g/mol. The number of carbonyl (C=O) groups is 2. The van der Waals surface area contributed by atoms with E-state index in [9.17, 15) is 18.0 Å². The zero-order valence-electron chi connectivity index (χ0n) is 12.0. The van der Waals surface area contributed by atoms with Gasteiger partial charge in [0.05, 0.1) is 11.7 Å².